The van der Waals surface area contributed by atoms with Crippen LogP contribution in [-0.4, -0.2) is 44.1 Å². The molecule has 1 atom stereocenters. The van der Waals surface area contributed by atoms with Crippen LogP contribution >= 0.6 is 15.9 Å². The second-order valence-electron chi connectivity index (χ2n) is 4.02. The lowest BCUT2D eigenvalue weighted by molar-refractivity contribution is 0.177. The molecule has 0 saturated carbocycles. The Morgan fingerprint density at radius 1 is 1.29 bits per heavy atom. The summed E-state index contributed by atoms with van der Waals surface area (Å²) < 4.78 is 5.02. The first kappa shape index (κ1) is 14.4. The number of methoxy groups -OCH3 is 1. The fourth-order valence-corrected chi connectivity index (χ4v) is 2.14. The molecular weight excluding hydrogens is 242 g/mol. The van der Waals surface area contributed by atoms with Crippen molar-refractivity contribution in [1.29, 1.82) is 0 Å². The first-order valence-electron chi connectivity index (χ1n) is 5.44. The Morgan fingerprint density at radius 3 is 2.57 bits per heavy atom. The highest BCUT2D eigenvalue weighted by molar-refractivity contribution is 9.09. The Labute approximate surface area is 97.1 Å². The summed E-state index contributed by atoms with van der Waals surface area (Å²) in [5.41, 5.74) is 0. The maximum Gasteiger partial charge on any atom is 0.0474 e. The average Bonchev–Trinajstić information content (AvgIpc) is 2.16. The third kappa shape index (κ3) is 8.97. The fraction of sp³-hybridized carbons (Fsp3) is 1.00. The molecule has 2 nitrogen and oxygen atoms in total. The Balaban J connectivity index is 3.29. The van der Waals surface area contributed by atoms with E-state index in [1.807, 2.05) is 0 Å². The first-order chi connectivity index (χ1) is 6.70. The van der Waals surface area contributed by atoms with Crippen molar-refractivity contribution in [2.75, 3.05) is 39.2 Å². The third-order valence-corrected chi connectivity index (χ3v) is 2.95. The quantitative estimate of drug-likeness (QED) is 0.470. The van der Waals surface area contributed by atoms with E-state index >= 15 is 0 Å². The number of halogens is 1. The van der Waals surface area contributed by atoms with Gasteiger partial charge in [-0.3, -0.25) is 0 Å². The number of hydrogen-bond acceptors (Lipinski definition) is 2. The SMILES string of the molecule is COCCCN(C)CCC(C)CCBr. The number of hydrogen-bond donors (Lipinski definition) is 0. The molecule has 1 unspecified atom stereocenters. The smallest absolute Gasteiger partial charge is 0.0474 e. The standard InChI is InChI=1S/C11H24BrNO/c1-11(5-7-12)6-9-13(2)8-4-10-14-3/h11H,4-10H2,1-3H3. The van der Waals surface area contributed by atoms with Gasteiger partial charge in [-0.2, -0.15) is 0 Å². The largest absolute Gasteiger partial charge is 0.385 e. The van der Waals surface area contributed by atoms with Crippen LogP contribution in [0.4, 0.5) is 0 Å². The highest BCUT2D eigenvalue weighted by Gasteiger charge is 2.03. The van der Waals surface area contributed by atoms with Gasteiger partial charge < -0.3 is 9.64 Å². The van der Waals surface area contributed by atoms with Crippen LogP contribution in [0.5, 0.6) is 0 Å². The molecule has 0 aromatic heterocycles. The predicted octanol–water partition coefficient (Wildman–Crippen LogP) is 2.77. The predicted molar refractivity (Wildman–Crippen MR) is 66.2 cm³/mol. The minimum atomic E-state index is 0.833. The van der Waals surface area contributed by atoms with E-state index in [1.165, 1.54) is 19.4 Å². The van der Waals surface area contributed by atoms with Crippen molar-refractivity contribution in [3.8, 4) is 0 Å². The molecule has 86 valence electrons. The van der Waals surface area contributed by atoms with Gasteiger partial charge in [-0.05, 0) is 38.8 Å². The zero-order chi connectivity index (χ0) is 10.8. The van der Waals surface area contributed by atoms with Crippen LogP contribution in [0.2, 0.25) is 0 Å². The van der Waals surface area contributed by atoms with Crippen molar-refractivity contribution >= 4 is 15.9 Å². The molecule has 0 aliphatic heterocycles. The summed E-state index contributed by atoms with van der Waals surface area (Å²) in [6, 6.07) is 0. The molecule has 0 amide bonds. The summed E-state index contributed by atoms with van der Waals surface area (Å²) in [6.45, 7) is 5.55. The monoisotopic (exact) mass is 265 g/mol. The Morgan fingerprint density at radius 2 is 2.00 bits per heavy atom. The highest BCUT2D eigenvalue weighted by atomic mass is 79.9. The Kier molecular flexibility index (Phi) is 10.2. The summed E-state index contributed by atoms with van der Waals surface area (Å²) in [4.78, 5) is 2.39. The van der Waals surface area contributed by atoms with Crippen LogP contribution in [0.1, 0.15) is 26.2 Å². The summed E-state index contributed by atoms with van der Waals surface area (Å²) in [5.74, 6) is 0.833. The second-order valence-corrected chi connectivity index (χ2v) is 4.81. The van der Waals surface area contributed by atoms with E-state index in [1.54, 1.807) is 7.11 Å². The van der Waals surface area contributed by atoms with Crippen molar-refractivity contribution in [1.82, 2.24) is 4.90 Å². The number of rotatable bonds is 9. The van der Waals surface area contributed by atoms with E-state index < -0.39 is 0 Å². The highest BCUT2D eigenvalue weighted by Crippen LogP contribution is 2.09. The summed E-state index contributed by atoms with van der Waals surface area (Å²) in [6.07, 6.45) is 3.72. The van der Waals surface area contributed by atoms with Gasteiger partial charge in [0.2, 0.25) is 0 Å². The van der Waals surface area contributed by atoms with E-state index in [0.717, 1.165) is 30.8 Å². The van der Waals surface area contributed by atoms with Crippen LogP contribution in [0.15, 0.2) is 0 Å². The van der Waals surface area contributed by atoms with Gasteiger partial charge in [0.1, 0.15) is 0 Å². The average molecular weight is 266 g/mol. The molecule has 0 radical (unpaired) electrons. The van der Waals surface area contributed by atoms with Crippen LogP contribution in [0, 0.1) is 5.92 Å². The number of nitrogens with zero attached hydrogens (tertiary/aromatic N) is 1. The van der Waals surface area contributed by atoms with Gasteiger partial charge in [0.15, 0.2) is 0 Å². The van der Waals surface area contributed by atoms with Crippen LogP contribution in [-0.2, 0) is 4.74 Å². The van der Waals surface area contributed by atoms with Crippen LogP contribution in [0.25, 0.3) is 0 Å². The third-order valence-electron chi connectivity index (χ3n) is 2.49. The molecule has 0 aromatic rings. The van der Waals surface area contributed by atoms with E-state index in [9.17, 15) is 0 Å². The lowest BCUT2D eigenvalue weighted by Gasteiger charge is -2.18. The fourth-order valence-electron chi connectivity index (χ4n) is 1.36. The van der Waals surface area contributed by atoms with E-state index in [0.29, 0.717) is 0 Å². The lowest BCUT2D eigenvalue weighted by Crippen LogP contribution is -2.23. The first-order valence-corrected chi connectivity index (χ1v) is 6.56. The zero-order valence-corrected chi connectivity index (χ0v) is 11.3. The molecule has 0 aromatic carbocycles. The molecule has 0 aliphatic rings. The van der Waals surface area contributed by atoms with E-state index in [-0.39, 0.29) is 0 Å². The summed E-state index contributed by atoms with van der Waals surface area (Å²) in [7, 11) is 3.95. The molecule has 0 bridgehead atoms. The Hall–Kier alpha value is 0.400. The normalized spacial score (nSPS) is 13.5. The van der Waals surface area contributed by atoms with Crippen molar-refractivity contribution in [3.63, 3.8) is 0 Å². The van der Waals surface area contributed by atoms with Gasteiger partial charge in [0, 0.05) is 25.6 Å². The Bertz CT molecular complexity index is 122. The molecule has 0 saturated heterocycles. The van der Waals surface area contributed by atoms with Crippen molar-refractivity contribution in [2.24, 2.45) is 5.92 Å². The van der Waals surface area contributed by atoms with Gasteiger partial charge in [-0.1, -0.05) is 22.9 Å². The van der Waals surface area contributed by atoms with Crippen molar-refractivity contribution < 1.29 is 4.74 Å². The molecule has 0 rings (SSSR count). The lowest BCUT2D eigenvalue weighted by atomic mass is 10.1. The minimum absolute atomic E-state index is 0.833. The zero-order valence-electron chi connectivity index (χ0n) is 9.76. The molecule has 0 spiro atoms. The molecular formula is C11H24BrNO. The molecule has 3 heteroatoms. The van der Waals surface area contributed by atoms with E-state index in [2.05, 4.69) is 34.8 Å². The van der Waals surface area contributed by atoms with Crippen molar-refractivity contribution in [2.45, 2.75) is 26.2 Å². The van der Waals surface area contributed by atoms with Gasteiger partial charge in [-0.25, -0.2) is 0 Å². The second kappa shape index (κ2) is 9.94. The van der Waals surface area contributed by atoms with Crippen LogP contribution < -0.4 is 0 Å². The molecule has 0 aliphatic carbocycles. The summed E-state index contributed by atoms with van der Waals surface area (Å²) in [5, 5.41) is 1.13. The van der Waals surface area contributed by atoms with E-state index in [4.69, 9.17) is 4.74 Å². The van der Waals surface area contributed by atoms with Crippen LogP contribution in [0.3, 0.4) is 0 Å². The van der Waals surface area contributed by atoms with Crippen molar-refractivity contribution in [3.05, 3.63) is 0 Å². The van der Waals surface area contributed by atoms with Gasteiger partial charge in [-0.15, -0.1) is 0 Å². The maximum atomic E-state index is 5.02. The van der Waals surface area contributed by atoms with Gasteiger partial charge >= 0.3 is 0 Å². The topological polar surface area (TPSA) is 12.5 Å². The molecule has 0 N–H and O–H groups in total. The minimum Gasteiger partial charge on any atom is -0.385 e. The number of ether oxygens (including phenoxy) is 1. The van der Waals surface area contributed by atoms with Gasteiger partial charge in [0.05, 0.1) is 0 Å². The number of alkyl halides is 1. The maximum absolute atomic E-state index is 5.02. The molecule has 14 heavy (non-hydrogen) atoms. The summed E-state index contributed by atoms with van der Waals surface area (Å²) >= 11 is 3.48. The molecule has 0 fully saturated rings. The van der Waals surface area contributed by atoms with Gasteiger partial charge in [0.25, 0.3) is 0 Å². The molecule has 0 heterocycles.